The zero-order valence-electron chi connectivity index (χ0n) is 21.0. The van der Waals surface area contributed by atoms with Gasteiger partial charge in [0.1, 0.15) is 12.4 Å². The van der Waals surface area contributed by atoms with Gasteiger partial charge in [-0.05, 0) is 92.1 Å². The van der Waals surface area contributed by atoms with Gasteiger partial charge in [0.15, 0.2) is 0 Å². The molecule has 0 atom stereocenters. The molecule has 0 fully saturated rings. The average molecular weight is 507 g/mol. The largest absolute Gasteiger partial charge is 0.489 e. The minimum Gasteiger partial charge on any atom is -0.489 e. The van der Waals surface area contributed by atoms with Crippen LogP contribution in [0.4, 0.5) is 5.69 Å². The second-order valence-corrected chi connectivity index (χ2v) is 9.63. The molecule has 0 saturated carbocycles. The van der Waals surface area contributed by atoms with Crippen LogP contribution in [0.25, 0.3) is 22.2 Å². The molecule has 4 nitrogen and oxygen atoms in total. The summed E-state index contributed by atoms with van der Waals surface area (Å²) in [5.74, 6) is 0.597. The van der Waals surface area contributed by atoms with Gasteiger partial charge in [-0.15, -0.1) is 0 Å². The van der Waals surface area contributed by atoms with Crippen molar-refractivity contribution in [2.75, 3.05) is 5.32 Å². The summed E-state index contributed by atoms with van der Waals surface area (Å²) in [7, 11) is 0. The van der Waals surface area contributed by atoms with Crippen molar-refractivity contribution in [1.82, 2.24) is 4.98 Å². The van der Waals surface area contributed by atoms with Crippen LogP contribution in [-0.2, 0) is 6.61 Å². The van der Waals surface area contributed by atoms with E-state index < -0.39 is 0 Å². The third-order valence-electron chi connectivity index (χ3n) is 6.37. The van der Waals surface area contributed by atoms with Crippen molar-refractivity contribution in [3.63, 3.8) is 0 Å². The molecular weight excluding hydrogens is 480 g/mol. The first-order chi connectivity index (χ1) is 17.9. The third-order valence-corrected chi connectivity index (χ3v) is 6.63. The number of nitrogens with one attached hydrogen (secondary N) is 1. The molecule has 1 amide bonds. The highest BCUT2D eigenvalue weighted by Gasteiger charge is 2.20. The molecule has 0 aliphatic heterocycles. The molecular formula is C32H27ClN2O2. The number of halogens is 1. The van der Waals surface area contributed by atoms with Gasteiger partial charge in [-0.1, -0.05) is 53.6 Å². The maximum Gasteiger partial charge on any atom is 0.256 e. The van der Waals surface area contributed by atoms with Crippen molar-refractivity contribution in [3.05, 3.63) is 124 Å². The summed E-state index contributed by atoms with van der Waals surface area (Å²) in [5.41, 5.74) is 7.86. The zero-order valence-corrected chi connectivity index (χ0v) is 21.8. The van der Waals surface area contributed by atoms with E-state index >= 15 is 0 Å². The van der Waals surface area contributed by atoms with Crippen molar-refractivity contribution in [1.29, 1.82) is 0 Å². The maximum absolute atomic E-state index is 13.6. The quantitative estimate of drug-likeness (QED) is 0.252. The molecule has 184 valence electrons. The number of hydrogen-bond donors (Lipinski definition) is 1. The number of carbonyl (C=O) groups excluding carboxylic acids is 1. The summed E-state index contributed by atoms with van der Waals surface area (Å²) in [6.07, 6.45) is 0. The fraction of sp³-hybridized carbons (Fsp3) is 0.125. The number of carbonyl (C=O) groups is 1. The summed E-state index contributed by atoms with van der Waals surface area (Å²) in [6, 6.07) is 29.2. The Morgan fingerprint density at radius 1 is 0.892 bits per heavy atom. The first-order valence-corrected chi connectivity index (χ1v) is 12.5. The van der Waals surface area contributed by atoms with Crippen molar-refractivity contribution in [2.45, 2.75) is 27.4 Å². The highest BCUT2D eigenvalue weighted by Crippen LogP contribution is 2.33. The standard InChI is InChI=1S/C32H27ClN2O2/c1-20-17-21(2)30-28(18-20)29(32(36)34-26-13-11-25(33)12-14-26)22(3)31(35-30)24-9-15-27(16-10-24)37-19-23-7-5-4-6-8-23/h4-18H,19H2,1-3H3,(H,34,36). The predicted molar refractivity (Wildman–Crippen MR) is 152 cm³/mol. The SMILES string of the molecule is Cc1cc(C)c2nc(-c3ccc(OCc4ccccc4)cc3)c(C)c(C(=O)Nc3ccc(Cl)cc3)c2c1. The summed E-state index contributed by atoms with van der Waals surface area (Å²) >= 11 is 6.02. The molecule has 0 spiro atoms. The van der Waals surface area contributed by atoms with Crippen molar-refractivity contribution in [2.24, 2.45) is 0 Å². The van der Waals surface area contributed by atoms with Gasteiger partial charge in [-0.3, -0.25) is 4.79 Å². The number of nitrogens with zero attached hydrogens (tertiary/aromatic N) is 1. The second kappa shape index (κ2) is 10.5. The number of aryl methyl sites for hydroxylation is 2. The van der Waals surface area contributed by atoms with Crippen LogP contribution in [0, 0.1) is 20.8 Å². The van der Waals surface area contributed by atoms with E-state index in [0.717, 1.165) is 50.2 Å². The molecule has 5 rings (SSSR count). The minimum atomic E-state index is -0.179. The fourth-order valence-electron chi connectivity index (χ4n) is 4.57. The van der Waals surface area contributed by atoms with Gasteiger partial charge in [0.05, 0.1) is 16.8 Å². The topological polar surface area (TPSA) is 51.2 Å². The number of benzene rings is 4. The van der Waals surface area contributed by atoms with Crippen LogP contribution in [-0.4, -0.2) is 10.9 Å². The van der Waals surface area contributed by atoms with Gasteiger partial charge < -0.3 is 10.1 Å². The number of aromatic nitrogens is 1. The van der Waals surface area contributed by atoms with Crippen LogP contribution < -0.4 is 10.1 Å². The van der Waals surface area contributed by atoms with Crippen LogP contribution in [0.5, 0.6) is 5.75 Å². The number of fused-ring (bicyclic) bond motifs is 1. The van der Waals surface area contributed by atoms with Gasteiger partial charge >= 0.3 is 0 Å². The Bertz CT molecular complexity index is 1580. The van der Waals surface area contributed by atoms with Gasteiger partial charge in [0, 0.05) is 21.7 Å². The highest BCUT2D eigenvalue weighted by atomic mass is 35.5. The summed E-state index contributed by atoms with van der Waals surface area (Å²) in [5, 5.41) is 4.49. The van der Waals surface area contributed by atoms with Crippen LogP contribution in [0.2, 0.25) is 5.02 Å². The van der Waals surface area contributed by atoms with Gasteiger partial charge in [0.25, 0.3) is 5.91 Å². The van der Waals surface area contributed by atoms with Crippen molar-refractivity contribution < 1.29 is 9.53 Å². The van der Waals surface area contributed by atoms with E-state index in [2.05, 4.69) is 11.4 Å². The number of anilines is 1. The normalized spacial score (nSPS) is 10.9. The Hall–Kier alpha value is -4.15. The number of hydrogen-bond acceptors (Lipinski definition) is 3. The molecule has 4 aromatic carbocycles. The maximum atomic E-state index is 13.6. The molecule has 0 radical (unpaired) electrons. The average Bonchev–Trinajstić information content (AvgIpc) is 2.89. The lowest BCUT2D eigenvalue weighted by Gasteiger charge is -2.17. The number of amides is 1. The van der Waals surface area contributed by atoms with E-state index in [1.54, 1.807) is 24.3 Å². The molecule has 0 bridgehead atoms. The van der Waals surface area contributed by atoms with Crippen molar-refractivity contribution >= 4 is 34.1 Å². The Kier molecular flexibility index (Phi) is 6.93. The van der Waals surface area contributed by atoms with Crippen LogP contribution in [0.15, 0.2) is 91.0 Å². The van der Waals surface area contributed by atoms with Gasteiger partial charge in [0.2, 0.25) is 0 Å². The molecule has 5 aromatic rings. The van der Waals surface area contributed by atoms with E-state index in [4.69, 9.17) is 21.3 Å². The Labute approximate surface area is 221 Å². The summed E-state index contributed by atoms with van der Waals surface area (Å²) in [6.45, 7) is 6.52. The Morgan fingerprint density at radius 2 is 1.59 bits per heavy atom. The van der Waals surface area contributed by atoms with Crippen molar-refractivity contribution in [3.8, 4) is 17.0 Å². The first-order valence-electron chi connectivity index (χ1n) is 12.1. The monoisotopic (exact) mass is 506 g/mol. The highest BCUT2D eigenvalue weighted by molar-refractivity contribution is 6.30. The molecule has 0 saturated heterocycles. The zero-order chi connectivity index (χ0) is 25.9. The van der Waals surface area contributed by atoms with E-state index in [1.165, 1.54) is 0 Å². The molecule has 0 aliphatic rings. The van der Waals surface area contributed by atoms with Crippen LogP contribution >= 0.6 is 11.6 Å². The number of rotatable bonds is 6. The van der Waals surface area contributed by atoms with E-state index in [9.17, 15) is 4.79 Å². The van der Waals surface area contributed by atoms with Gasteiger partial charge in [-0.25, -0.2) is 4.98 Å². The molecule has 0 unspecified atom stereocenters. The smallest absolute Gasteiger partial charge is 0.256 e. The Morgan fingerprint density at radius 3 is 2.30 bits per heavy atom. The molecule has 1 heterocycles. The van der Waals surface area contributed by atoms with E-state index in [-0.39, 0.29) is 5.91 Å². The number of ether oxygens (including phenoxy) is 1. The summed E-state index contributed by atoms with van der Waals surface area (Å²) < 4.78 is 5.96. The minimum absolute atomic E-state index is 0.179. The third kappa shape index (κ3) is 5.35. The predicted octanol–water partition coefficient (Wildman–Crippen LogP) is 8.31. The Balaban J connectivity index is 1.53. The van der Waals surface area contributed by atoms with E-state index in [1.807, 2.05) is 81.4 Å². The molecule has 1 aromatic heterocycles. The number of pyridine rings is 1. The second-order valence-electron chi connectivity index (χ2n) is 9.20. The van der Waals surface area contributed by atoms with Crippen LogP contribution in [0.3, 0.4) is 0 Å². The molecule has 0 aliphatic carbocycles. The molecule has 5 heteroatoms. The van der Waals surface area contributed by atoms with Gasteiger partial charge in [-0.2, -0.15) is 0 Å². The molecule has 37 heavy (non-hydrogen) atoms. The fourth-order valence-corrected chi connectivity index (χ4v) is 4.69. The van der Waals surface area contributed by atoms with E-state index in [0.29, 0.717) is 22.9 Å². The first kappa shape index (κ1) is 24.5. The lowest BCUT2D eigenvalue weighted by atomic mass is 9.94. The summed E-state index contributed by atoms with van der Waals surface area (Å²) in [4.78, 5) is 18.7. The lowest BCUT2D eigenvalue weighted by Crippen LogP contribution is -2.15. The lowest BCUT2D eigenvalue weighted by molar-refractivity contribution is 0.102. The molecule has 1 N–H and O–H groups in total. The van der Waals surface area contributed by atoms with Crippen LogP contribution in [0.1, 0.15) is 32.6 Å².